The maximum absolute atomic E-state index is 9.75. The van der Waals surface area contributed by atoms with Crippen LogP contribution in [0.25, 0.3) is 0 Å². The van der Waals surface area contributed by atoms with Crippen LogP contribution in [0.5, 0.6) is 0 Å². The minimum absolute atomic E-state index is 0.244. The highest BCUT2D eigenvalue weighted by atomic mass is 16.5. The summed E-state index contributed by atoms with van der Waals surface area (Å²) in [6.45, 7) is 7.39. The van der Waals surface area contributed by atoms with Gasteiger partial charge in [-0.05, 0) is 20.0 Å². The molecule has 0 saturated carbocycles. The third kappa shape index (κ3) is 3.39. The standard InChI is InChI=1S/C10H24N2O3/c1-4-12(5-2)10(8-13,9(3)14)15-7-6-11/h9,13-14H,4-8,11H2,1-3H3. The molecule has 2 atom stereocenters. The Hall–Kier alpha value is -0.200. The summed E-state index contributed by atoms with van der Waals surface area (Å²) in [6, 6.07) is 0. The van der Waals surface area contributed by atoms with E-state index < -0.39 is 11.8 Å². The summed E-state index contributed by atoms with van der Waals surface area (Å²) < 4.78 is 5.53. The SMILES string of the molecule is CCN(CC)C(CO)(OCCN)C(C)O. The fourth-order valence-corrected chi connectivity index (χ4v) is 1.75. The Morgan fingerprint density at radius 3 is 2.20 bits per heavy atom. The zero-order valence-electron chi connectivity index (χ0n) is 9.94. The predicted octanol–water partition coefficient (Wildman–Crippen LogP) is -0.627. The molecule has 4 N–H and O–H groups in total. The van der Waals surface area contributed by atoms with Crippen molar-refractivity contribution in [2.45, 2.75) is 32.6 Å². The van der Waals surface area contributed by atoms with Crippen LogP contribution in [0.2, 0.25) is 0 Å². The molecule has 0 saturated heterocycles. The third-order valence-corrected chi connectivity index (χ3v) is 2.65. The van der Waals surface area contributed by atoms with Gasteiger partial charge in [0, 0.05) is 6.54 Å². The molecule has 0 rings (SSSR count). The second-order valence-corrected chi connectivity index (χ2v) is 3.49. The van der Waals surface area contributed by atoms with Gasteiger partial charge in [-0.3, -0.25) is 4.90 Å². The van der Waals surface area contributed by atoms with Gasteiger partial charge in [0.25, 0.3) is 0 Å². The zero-order chi connectivity index (χ0) is 11.9. The molecule has 15 heavy (non-hydrogen) atoms. The molecule has 0 aliphatic heterocycles. The van der Waals surface area contributed by atoms with E-state index in [0.717, 1.165) is 0 Å². The van der Waals surface area contributed by atoms with Crippen LogP contribution < -0.4 is 5.73 Å². The summed E-state index contributed by atoms with van der Waals surface area (Å²) in [5.74, 6) is 0. The maximum atomic E-state index is 9.75. The van der Waals surface area contributed by atoms with Gasteiger partial charge in [0.05, 0.1) is 19.3 Å². The molecule has 0 aromatic rings. The molecule has 92 valence electrons. The van der Waals surface area contributed by atoms with Gasteiger partial charge in [0.2, 0.25) is 0 Å². The molecular weight excluding hydrogens is 196 g/mol. The van der Waals surface area contributed by atoms with Gasteiger partial charge in [-0.1, -0.05) is 13.8 Å². The average Bonchev–Trinajstić information content (AvgIpc) is 2.24. The number of aliphatic hydroxyl groups excluding tert-OH is 2. The van der Waals surface area contributed by atoms with E-state index in [1.165, 1.54) is 0 Å². The van der Waals surface area contributed by atoms with Crippen molar-refractivity contribution >= 4 is 0 Å². The number of aliphatic hydroxyl groups is 2. The Labute approximate surface area is 91.8 Å². The smallest absolute Gasteiger partial charge is 0.170 e. The van der Waals surface area contributed by atoms with Crippen LogP contribution in [0.1, 0.15) is 20.8 Å². The van der Waals surface area contributed by atoms with Gasteiger partial charge >= 0.3 is 0 Å². The number of hydrogen-bond acceptors (Lipinski definition) is 5. The lowest BCUT2D eigenvalue weighted by Crippen LogP contribution is -2.60. The fourth-order valence-electron chi connectivity index (χ4n) is 1.75. The molecule has 0 radical (unpaired) electrons. The quantitative estimate of drug-likeness (QED) is 0.475. The molecule has 5 heteroatoms. The van der Waals surface area contributed by atoms with Crippen LogP contribution in [-0.2, 0) is 4.74 Å². The van der Waals surface area contributed by atoms with E-state index >= 15 is 0 Å². The second kappa shape index (κ2) is 7.14. The van der Waals surface area contributed by atoms with Crippen LogP contribution in [0, 0.1) is 0 Å². The monoisotopic (exact) mass is 220 g/mol. The predicted molar refractivity (Wildman–Crippen MR) is 59.4 cm³/mol. The lowest BCUT2D eigenvalue weighted by molar-refractivity contribution is -0.224. The van der Waals surface area contributed by atoms with E-state index in [-0.39, 0.29) is 6.61 Å². The lowest BCUT2D eigenvalue weighted by Gasteiger charge is -2.43. The highest BCUT2D eigenvalue weighted by Gasteiger charge is 2.40. The van der Waals surface area contributed by atoms with Crippen molar-refractivity contribution in [3.05, 3.63) is 0 Å². The number of ether oxygens (including phenoxy) is 1. The van der Waals surface area contributed by atoms with Crippen molar-refractivity contribution in [2.75, 3.05) is 32.8 Å². The third-order valence-electron chi connectivity index (χ3n) is 2.65. The molecule has 0 heterocycles. The van der Waals surface area contributed by atoms with E-state index in [1.807, 2.05) is 18.7 Å². The number of nitrogens with zero attached hydrogens (tertiary/aromatic N) is 1. The lowest BCUT2D eigenvalue weighted by atomic mass is 10.1. The number of hydrogen-bond donors (Lipinski definition) is 3. The van der Waals surface area contributed by atoms with Gasteiger partial charge in [-0.25, -0.2) is 0 Å². The summed E-state index contributed by atoms with van der Waals surface area (Å²) >= 11 is 0. The molecule has 0 amide bonds. The summed E-state index contributed by atoms with van der Waals surface area (Å²) in [5, 5.41) is 19.2. The fraction of sp³-hybridized carbons (Fsp3) is 1.00. The van der Waals surface area contributed by atoms with Crippen LogP contribution in [0.4, 0.5) is 0 Å². The van der Waals surface area contributed by atoms with Crippen LogP contribution >= 0.6 is 0 Å². The number of likely N-dealkylation sites (N-methyl/N-ethyl adjacent to an activating group) is 1. The van der Waals surface area contributed by atoms with E-state index in [9.17, 15) is 10.2 Å². The molecule has 5 nitrogen and oxygen atoms in total. The first-order valence-electron chi connectivity index (χ1n) is 5.47. The Morgan fingerprint density at radius 1 is 1.40 bits per heavy atom. The Bertz CT molecular complexity index is 163. The summed E-state index contributed by atoms with van der Waals surface area (Å²) in [5.41, 5.74) is 4.34. The van der Waals surface area contributed by atoms with Gasteiger partial charge in [-0.2, -0.15) is 0 Å². The Balaban J connectivity index is 4.77. The van der Waals surface area contributed by atoms with Crippen molar-refractivity contribution < 1.29 is 14.9 Å². The van der Waals surface area contributed by atoms with E-state index in [2.05, 4.69) is 0 Å². The molecule has 0 bridgehead atoms. The number of nitrogens with two attached hydrogens (primary N) is 1. The van der Waals surface area contributed by atoms with E-state index in [0.29, 0.717) is 26.2 Å². The van der Waals surface area contributed by atoms with Gasteiger partial charge < -0.3 is 20.7 Å². The van der Waals surface area contributed by atoms with Gasteiger partial charge in [-0.15, -0.1) is 0 Å². The van der Waals surface area contributed by atoms with E-state index in [4.69, 9.17) is 10.5 Å². The highest BCUT2D eigenvalue weighted by molar-refractivity contribution is 4.85. The van der Waals surface area contributed by atoms with Crippen molar-refractivity contribution in [3.8, 4) is 0 Å². The molecule has 0 aliphatic rings. The molecule has 0 aromatic carbocycles. The molecule has 2 unspecified atom stereocenters. The summed E-state index contributed by atoms with van der Waals surface area (Å²) in [7, 11) is 0. The zero-order valence-corrected chi connectivity index (χ0v) is 9.94. The van der Waals surface area contributed by atoms with Gasteiger partial charge in [0.15, 0.2) is 5.72 Å². The van der Waals surface area contributed by atoms with Crippen LogP contribution in [0.15, 0.2) is 0 Å². The second-order valence-electron chi connectivity index (χ2n) is 3.49. The number of rotatable bonds is 8. The summed E-state index contributed by atoms with van der Waals surface area (Å²) in [6.07, 6.45) is -0.769. The Kier molecular flexibility index (Phi) is 7.04. The molecule has 0 spiro atoms. The normalized spacial score (nSPS) is 17.8. The topological polar surface area (TPSA) is 79.0 Å². The first kappa shape index (κ1) is 14.8. The maximum Gasteiger partial charge on any atom is 0.170 e. The van der Waals surface area contributed by atoms with E-state index in [1.54, 1.807) is 6.92 Å². The Morgan fingerprint density at radius 2 is 1.93 bits per heavy atom. The first-order valence-corrected chi connectivity index (χ1v) is 5.47. The van der Waals surface area contributed by atoms with Crippen molar-refractivity contribution in [2.24, 2.45) is 5.73 Å². The minimum Gasteiger partial charge on any atom is -0.392 e. The van der Waals surface area contributed by atoms with Crippen molar-refractivity contribution in [1.82, 2.24) is 4.90 Å². The average molecular weight is 220 g/mol. The molecule has 0 aliphatic carbocycles. The minimum atomic E-state index is -1.02. The molecule has 0 aromatic heterocycles. The van der Waals surface area contributed by atoms with Crippen LogP contribution in [0.3, 0.4) is 0 Å². The van der Waals surface area contributed by atoms with Crippen molar-refractivity contribution in [3.63, 3.8) is 0 Å². The van der Waals surface area contributed by atoms with Crippen LogP contribution in [-0.4, -0.2) is 59.8 Å². The van der Waals surface area contributed by atoms with Crippen molar-refractivity contribution in [1.29, 1.82) is 0 Å². The largest absolute Gasteiger partial charge is 0.392 e. The summed E-state index contributed by atoms with van der Waals surface area (Å²) in [4.78, 5) is 1.90. The molecule has 0 fully saturated rings. The van der Waals surface area contributed by atoms with Gasteiger partial charge in [0.1, 0.15) is 0 Å². The first-order chi connectivity index (χ1) is 7.08. The molecular formula is C10H24N2O3. The highest BCUT2D eigenvalue weighted by Crippen LogP contribution is 2.21.